The van der Waals surface area contributed by atoms with E-state index in [1.807, 2.05) is 4.72 Å². The third kappa shape index (κ3) is 6.09. The average Bonchev–Trinajstić information content (AvgIpc) is 2.86. The molecule has 0 fully saturated rings. The monoisotopic (exact) mass is 356 g/mol. The summed E-state index contributed by atoms with van der Waals surface area (Å²) in [7, 11) is -7.11. The summed E-state index contributed by atoms with van der Waals surface area (Å²) < 4.78 is 50.3. The molecule has 1 aromatic heterocycles. The fourth-order valence-corrected chi connectivity index (χ4v) is 4.29. The molecule has 1 rings (SSSR count). The van der Waals surface area contributed by atoms with E-state index >= 15 is 0 Å². The van der Waals surface area contributed by atoms with Crippen LogP contribution in [0.5, 0.6) is 0 Å². The number of hydrogen-bond acceptors (Lipinski definition) is 6. The van der Waals surface area contributed by atoms with E-state index in [4.69, 9.17) is 5.11 Å². The van der Waals surface area contributed by atoms with Crippen LogP contribution in [0.15, 0.2) is 16.3 Å². The van der Waals surface area contributed by atoms with Gasteiger partial charge in [0.25, 0.3) is 10.0 Å². The summed E-state index contributed by atoms with van der Waals surface area (Å²) in [5.41, 5.74) is 0. The minimum Gasteiger partial charge on any atom is -0.480 e. The lowest BCUT2D eigenvalue weighted by Crippen LogP contribution is -2.28. The minimum atomic E-state index is -3.84. The quantitative estimate of drug-likeness (QED) is 0.552. The Kier molecular flexibility index (Phi) is 6.28. The molecule has 1 heterocycles. The van der Waals surface area contributed by atoms with Crippen LogP contribution in [0.4, 0.5) is 0 Å². The number of aliphatic carboxylic acids is 1. The van der Waals surface area contributed by atoms with E-state index in [-0.39, 0.29) is 16.5 Å². The van der Waals surface area contributed by atoms with Crippen LogP contribution in [-0.4, -0.2) is 46.8 Å². The van der Waals surface area contributed by atoms with Gasteiger partial charge in [0.05, 0.1) is 5.75 Å². The van der Waals surface area contributed by atoms with Gasteiger partial charge >= 0.3 is 5.97 Å². The van der Waals surface area contributed by atoms with Gasteiger partial charge in [-0.3, -0.25) is 4.79 Å². The van der Waals surface area contributed by atoms with Crippen molar-refractivity contribution in [3.63, 3.8) is 0 Å². The van der Waals surface area contributed by atoms with Crippen LogP contribution in [0.25, 0.3) is 0 Å². The van der Waals surface area contributed by atoms with Crippen molar-refractivity contribution in [2.75, 3.05) is 18.8 Å². The summed E-state index contributed by atoms with van der Waals surface area (Å²) in [4.78, 5) is 11.0. The maximum absolute atomic E-state index is 11.8. The number of rotatable bonds is 9. The fourth-order valence-electron chi connectivity index (χ4n) is 1.30. The van der Waals surface area contributed by atoms with Crippen molar-refractivity contribution in [2.45, 2.75) is 17.6 Å². The van der Waals surface area contributed by atoms with Crippen LogP contribution >= 0.6 is 11.3 Å². The molecule has 21 heavy (non-hydrogen) atoms. The Labute approximate surface area is 127 Å². The van der Waals surface area contributed by atoms with Crippen molar-refractivity contribution >= 4 is 37.4 Å². The third-order valence-corrected chi connectivity index (χ3v) is 6.83. The van der Waals surface area contributed by atoms with Crippen molar-refractivity contribution in [3.05, 3.63) is 17.0 Å². The first kappa shape index (κ1) is 18.0. The molecule has 0 aromatic carbocycles. The Bertz CT molecular complexity index is 692. The van der Waals surface area contributed by atoms with Gasteiger partial charge in [-0.15, -0.1) is 11.3 Å². The smallest absolute Gasteiger partial charge is 0.318 e. The highest BCUT2D eigenvalue weighted by Crippen LogP contribution is 2.21. The van der Waals surface area contributed by atoms with Gasteiger partial charge in [-0.2, -0.15) is 4.72 Å². The normalized spacial score (nSPS) is 12.4. The summed E-state index contributed by atoms with van der Waals surface area (Å²) in [5.74, 6) is -1.29. The van der Waals surface area contributed by atoms with Crippen LogP contribution in [-0.2, 0) is 31.3 Å². The van der Waals surface area contributed by atoms with E-state index in [0.717, 1.165) is 11.3 Å². The average molecular weight is 356 g/mol. The molecule has 0 aliphatic heterocycles. The molecule has 0 aliphatic carbocycles. The highest BCUT2D eigenvalue weighted by atomic mass is 32.2. The van der Waals surface area contributed by atoms with Crippen LogP contribution in [0, 0.1) is 0 Å². The molecular weight excluding hydrogens is 340 g/mol. The van der Waals surface area contributed by atoms with Gasteiger partial charge in [0, 0.05) is 11.4 Å². The number of thiophene rings is 1. The molecule has 0 atom stereocenters. The zero-order valence-corrected chi connectivity index (χ0v) is 13.6. The fraction of sp³-hybridized carbons (Fsp3) is 0.500. The molecule has 0 aliphatic rings. The lowest BCUT2D eigenvalue weighted by molar-refractivity contribution is -0.135. The first-order chi connectivity index (χ1) is 9.66. The standard InChI is InChI=1S/C10H16N2O6S3/c1-2-20(15,16)11-6-5-8-3-4-10(19-8)21(17,18)12-7-9(13)14/h3-4,11-12H,2,5-7H2,1H3,(H,13,14). The Hall–Kier alpha value is -1.01. The van der Waals surface area contributed by atoms with E-state index in [1.54, 1.807) is 6.07 Å². The molecule has 0 spiro atoms. The first-order valence-electron chi connectivity index (χ1n) is 5.94. The number of hydrogen-bond donors (Lipinski definition) is 3. The predicted molar refractivity (Wildman–Crippen MR) is 78.3 cm³/mol. The third-order valence-electron chi connectivity index (χ3n) is 2.39. The minimum absolute atomic E-state index is 0.00269. The highest BCUT2D eigenvalue weighted by Gasteiger charge is 2.17. The number of carboxylic acid groups (broad SMARTS) is 1. The molecule has 11 heteroatoms. The van der Waals surface area contributed by atoms with Gasteiger partial charge in [-0.25, -0.2) is 21.6 Å². The SMILES string of the molecule is CCS(=O)(=O)NCCc1ccc(S(=O)(=O)NCC(=O)O)s1. The molecule has 0 saturated heterocycles. The van der Waals surface area contributed by atoms with Gasteiger partial charge in [-0.05, 0) is 25.5 Å². The maximum Gasteiger partial charge on any atom is 0.318 e. The van der Waals surface area contributed by atoms with Gasteiger partial charge in [0.15, 0.2) is 0 Å². The van der Waals surface area contributed by atoms with E-state index in [2.05, 4.69) is 4.72 Å². The molecule has 0 saturated carbocycles. The lowest BCUT2D eigenvalue weighted by Gasteiger charge is -2.03. The highest BCUT2D eigenvalue weighted by molar-refractivity contribution is 7.91. The summed E-state index contributed by atoms with van der Waals surface area (Å²) >= 11 is 0.971. The van der Waals surface area contributed by atoms with Crippen molar-refractivity contribution in [3.8, 4) is 0 Å². The van der Waals surface area contributed by atoms with E-state index < -0.39 is 32.6 Å². The second-order valence-corrected chi connectivity index (χ2v) is 9.24. The Morgan fingerprint density at radius 2 is 1.90 bits per heavy atom. The molecule has 8 nitrogen and oxygen atoms in total. The van der Waals surface area contributed by atoms with Gasteiger partial charge in [-0.1, -0.05) is 0 Å². The van der Waals surface area contributed by atoms with Crippen molar-refractivity contribution in [2.24, 2.45) is 0 Å². The van der Waals surface area contributed by atoms with Crippen LogP contribution in [0.2, 0.25) is 0 Å². The Morgan fingerprint density at radius 1 is 1.24 bits per heavy atom. The molecular formula is C10H16N2O6S3. The zero-order valence-electron chi connectivity index (χ0n) is 11.2. The summed E-state index contributed by atoms with van der Waals surface area (Å²) in [6, 6.07) is 2.93. The molecule has 3 N–H and O–H groups in total. The summed E-state index contributed by atoms with van der Waals surface area (Å²) in [5, 5.41) is 8.46. The van der Waals surface area contributed by atoms with E-state index in [1.165, 1.54) is 13.0 Å². The number of sulfonamides is 2. The molecule has 120 valence electrons. The summed E-state index contributed by atoms with van der Waals surface area (Å²) in [6.45, 7) is 1.01. The second-order valence-electron chi connectivity index (χ2n) is 3.99. The molecule has 0 bridgehead atoms. The zero-order chi connectivity index (χ0) is 16.1. The predicted octanol–water partition coefficient (Wildman–Crippen LogP) is -0.407. The van der Waals surface area contributed by atoms with Crippen molar-refractivity contribution < 1.29 is 26.7 Å². The molecule has 0 radical (unpaired) electrons. The van der Waals surface area contributed by atoms with Crippen LogP contribution in [0.1, 0.15) is 11.8 Å². The maximum atomic E-state index is 11.8. The van der Waals surface area contributed by atoms with E-state index in [9.17, 15) is 21.6 Å². The second kappa shape index (κ2) is 7.31. The number of carboxylic acids is 1. The summed E-state index contributed by atoms with van der Waals surface area (Å²) in [6.07, 6.45) is 0.359. The van der Waals surface area contributed by atoms with Crippen LogP contribution < -0.4 is 9.44 Å². The van der Waals surface area contributed by atoms with Crippen molar-refractivity contribution in [1.82, 2.24) is 9.44 Å². The van der Waals surface area contributed by atoms with Gasteiger partial charge in [0.1, 0.15) is 10.8 Å². The molecule has 0 amide bonds. The molecule has 0 unspecified atom stereocenters. The number of nitrogens with one attached hydrogen (secondary N) is 2. The first-order valence-corrected chi connectivity index (χ1v) is 9.89. The van der Waals surface area contributed by atoms with Crippen LogP contribution in [0.3, 0.4) is 0 Å². The lowest BCUT2D eigenvalue weighted by atomic mass is 10.3. The van der Waals surface area contributed by atoms with E-state index in [0.29, 0.717) is 11.3 Å². The Morgan fingerprint density at radius 3 is 2.48 bits per heavy atom. The largest absolute Gasteiger partial charge is 0.480 e. The van der Waals surface area contributed by atoms with Crippen molar-refractivity contribution in [1.29, 1.82) is 0 Å². The van der Waals surface area contributed by atoms with Gasteiger partial charge in [0.2, 0.25) is 10.0 Å². The van der Waals surface area contributed by atoms with Gasteiger partial charge < -0.3 is 5.11 Å². The number of carbonyl (C=O) groups is 1. The molecule has 1 aromatic rings. The Balaban J connectivity index is 2.63. The topological polar surface area (TPSA) is 130 Å².